The van der Waals surface area contributed by atoms with E-state index in [1.807, 2.05) is 0 Å². The van der Waals surface area contributed by atoms with Gasteiger partial charge in [-0.15, -0.1) is 0 Å². The third-order valence-corrected chi connectivity index (χ3v) is 4.15. The van der Waals surface area contributed by atoms with Crippen molar-refractivity contribution < 1.29 is 4.74 Å². The fourth-order valence-corrected chi connectivity index (χ4v) is 2.60. The molecule has 0 aliphatic carbocycles. The van der Waals surface area contributed by atoms with E-state index >= 15 is 0 Å². The number of rotatable bonds is 5. The van der Waals surface area contributed by atoms with Gasteiger partial charge in [0.25, 0.3) is 0 Å². The monoisotopic (exact) mass is 276 g/mol. The van der Waals surface area contributed by atoms with Crippen LogP contribution in [-0.4, -0.2) is 31.8 Å². The molecule has 3 heteroatoms. The highest BCUT2D eigenvalue weighted by Crippen LogP contribution is 2.23. The Bertz CT molecular complexity index is 408. The second-order valence-corrected chi connectivity index (χ2v) is 5.67. The van der Waals surface area contributed by atoms with Gasteiger partial charge in [-0.1, -0.05) is 19.9 Å². The van der Waals surface area contributed by atoms with E-state index in [1.54, 1.807) is 0 Å². The molecule has 2 atom stereocenters. The third kappa shape index (κ3) is 4.14. The Labute approximate surface area is 123 Å². The van der Waals surface area contributed by atoms with Crippen molar-refractivity contribution in [1.29, 1.82) is 0 Å². The van der Waals surface area contributed by atoms with E-state index in [0.717, 1.165) is 31.8 Å². The summed E-state index contributed by atoms with van der Waals surface area (Å²) in [4.78, 5) is 2.46. The van der Waals surface area contributed by atoms with Gasteiger partial charge in [-0.05, 0) is 38.3 Å². The zero-order valence-corrected chi connectivity index (χ0v) is 13.1. The predicted molar refractivity (Wildman–Crippen MR) is 85.7 cm³/mol. The lowest BCUT2D eigenvalue weighted by Gasteiger charge is -2.23. The average molecular weight is 276 g/mol. The molecule has 0 aromatic heterocycles. The van der Waals surface area contributed by atoms with Crippen LogP contribution in [0.25, 0.3) is 0 Å². The van der Waals surface area contributed by atoms with Crippen LogP contribution in [0.4, 0.5) is 5.69 Å². The summed E-state index contributed by atoms with van der Waals surface area (Å²) < 4.78 is 5.93. The van der Waals surface area contributed by atoms with E-state index in [0.29, 0.717) is 6.04 Å². The number of benzene rings is 1. The van der Waals surface area contributed by atoms with Gasteiger partial charge in [-0.25, -0.2) is 0 Å². The highest BCUT2D eigenvalue weighted by atomic mass is 16.5. The maximum Gasteiger partial charge on any atom is 0.121 e. The lowest BCUT2D eigenvalue weighted by Crippen LogP contribution is -2.30. The van der Waals surface area contributed by atoms with E-state index in [9.17, 15) is 0 Å². The minimum Gasteiger partial charge on any atom is -0.491 e. The van der Waals surface area contributed by atoms with E-state index in [4.69, 9.17) is 4.74 Å². The second-order valence-electron chi connectivity index (χ2n) is 5.67. The molecule has 2 rings (SSSR count). The van der Waals surface area contributed by atoms with Crippen LogP contribution in [0.5, 0.6) is 5.75 Å². The second kappa shape index (κ2) is 7.53. The van der Waals surface area contributed by atoms with Gasteiger partial charge in [-0.2, -0.15) is 0 Å². The topological polar surface area (TPSA) is 24.5 Å². The van der Waals surface area contributed by atoms with Crippen molar-refractivity contribution in [2.75, 3.05) is 24.5 Å². The number of nitrogens with one attached hydrogen (secondary N) is 1. The Kier molecular flexibility index (Phi) is 5.72. The van der Waals surface area contributed by atoms with Gasteiger partial charge in [0, 0.05) is 37.4 Å². The summed E-state index contributed by atoms with van der Waals surface area (Å²) in [5.74, 6) is 0.987. The van der Waals surface area contributed by atoms with Gasteiger partial charge < -0.3 is 15.0 Å². The van der Waals surface area contributed by atoms with Crippen LogP contribution >= 0.6 is 0 Å². The van der Waals surface area contributed by atoms with Crippen molar-refractivity contribution in [2.24, 2.45) is 0 Å². The third-order valence-electron chi connectivity index (χ3n) is 4.15. The van der Waals surface area contributed by atoms with Crippen LogP contribution in [0.1, 0.15) is 40.0 Å². The summed E-state index contributed by atoms with van der Waals surface area (Å²) in [6.45, 7) is 9.79. The van der Waals surface area contributed by atoms with Crippen molar-refractivity contribution in [3.8, 4) is 5.75 Å². The standard InChI is InChI=1S/C17H28N2O/c1-4-14(3)20-17-8-6-7-16(13-17)19-11-9-15(5-2)18-10-12-19/h6-8,13-15,18H,4-5,9-12H2,1-3H3. The molecule has 0 spiro atoms. The molecule has 3 nitrogen and oxygen atoms in total. The van der Waals surface area contributed by atoms with Crippen molar-refractivity contribution in [3.63, 3.8) is 0 Å². The summed E-state index contributed by atoms with van der Waals surface area (Å²) in [6.07, 6.45) is 3.74. The number of hydrogen-bond donors (Lipinski definition) is 1. The van der Waals surface area contributed by atoms with Crippen molar-refractivity contribution in [1.82, 2.24) is 5.32 Å². The van der Waals surface area contributed by atoms with Gasteiger partial charge >= 0.3 is 0 Å². The molecule has 1 aliphatic rings. The Hall–Kier alpha value is -1.22. The minimum absolute atomic E-state index is 0.278. The van der Waals surface area contributed by atoms with Crippen molar-refractivity contribution in [2.45, 2.75) is 52.2 Å². The lowest BCUT2D eigenvalue weighted by molar-refractivity contribution is 0.217. The molecule has 0 radical (unpaired) electrons. The zero-order valence-electron chi connectivity index (χ0n) is 13.1. The number of anilines is 1. The predicted octanol–water partition coefficient (Wildman–Crippen LogP) is 3.44. The zero-order chi connectivity index (χ0) is 14.4. The molecular formula is C17H28N2O. The first-order valence-corrected chi connectivity index (χ1v) is 7.98. The number of hydrogen-bond acceptors (Lipinski definition) is 3. The fourth-order valence-electron chi connectivity index (χ4n) is 2.60. The molecule has 112 valence electrons. The Balaban J connectivity index is 2.02. The molecular weight excluding hydrogens is 248 g/mol. The molecule has 20 heavy (non-hydrogen) atoms. The van der Waals surface area contributed by atoms with E-state index in [2.05, 4.69) is 55.3 Å². The first-order valence-electron chi connectivity index (χ1n) is 7.98. The molecule has 1 fully saturated rings. The van der Waals surface area contributed by atoms with Gasteiger partial charge in [-0.3, -0.25) is 0 Å². The summed E-state index contributed by atoms with van der Waals surface area (Å²) in [5.41, 5.74) is 1.28. The van der Waals surface area contributed by atoms with Crippen LogP contribution in [0.3, 0.4) is 0 Å². The quantitative estimate of drug-likeness (QED) is 0.891. The van der Waals surface area contributed by atoms with E-state index in [1.165, 1.54) is 18.5 Å². The lowest BCUT2D eigenvalue weighted by atomic mass is 10.1. The van der Waals surface area contributed by atoms with Crippen LogP contribution in [0, 0.1) is 0 Å². The normalized spacial score (nSPS) is 21.4. The summed E-state index contributed by atoms with van der Waals surface area (Å²) >= 11 is 0. The maximum atomic E-state index is 5.93. The molecule has 1 aliphatic heterocycles. The first kappa shape index (κ1) is 15.2. The molecule has 1 heterocycles. The molecule has 1 aromatic rings. The molecule has 0 amide bonds. The Morgan fingerprint density at radius 1 is 1.35 bits per heavy atom. The minimum atomic E-state index is 0.278. The summed E-state index contributed by atoms with van der Waals surface area (Å²) in [5, 5.41) is 3.61. The van der Waals surface area contributed by atoms with Gasteiger partial charge in [0.15, 0.2) is 0 Å². The van der Waals surface area contributed by atoms with Crippen molar-refractivity contribution in [3.05, 3.63) is 24.3 Å². The summed E-state index contributed by atoms with van der Waals surface area (Å²) in [7, 11) is 0. The van der Waals surface area contributed by atoms with Gasteiger partial charge in [0.1, 0.15) is 5.75 Å². The Morgan fingerprint density at radius 2 is 2.20 bits per heavy atom. The number of nitrogens with zero attached hydrogens (tertiary/aromatic N) is 1. The smallest absolute Gasteiger partial charge is 0.121 e. The van der Waals surface area contributed by atoms with E-state index < -0.39 is 0 Å². The Morgan fingerprint density at radius 3 is 2.95 bits per heavy atom. The molecule has 2 unspecified atom stereocenters. The first-order chi connectivity index (χ1) is 9.72. The van der Waals surface area contributed by atoms with Crippen LogP contribution < -0.4 is 15.0 Å². The van der Waals surface area contributed by atoms with E-state index in [-0.39, 0.29) is 6.10 Å². The highest BCUT2D eigenvalue weighted by Gasteiger charge is 2.15. The molecule has 0 bridgehead atoms. The number of ether oxygens (including phenoxy) is 1. The van der Waals surface area contributed by atoms with Crippen LogP contribution in [-0.2, 0) is 0 Å². The molecule has 0 saturated carbocycles. The SMILES string of the molecule is CCC1CCN(c2cccc(OC(C)CC)c2)CCN1. The average Bonchev–Trinajstić information content (AvgIpc) is 2.72. The largest absolute Gasteiger partial charge is 0.491 e. The fraction of sp³-hybridized carbons (Fsp3) is 0.647. The van der Waals surface area contributed by atoms with Gasteiger partial charge in [0.05, 0.1) is 6.10 Å². The van der Waals surface area contributed by atoms with Crippen molar-refractivity contribution >= 4 is 5.69 Å². The van der Waals surface area contributed by atoms with Gasteiger partial charge in [0.2, 0.25) is 0 Å². The maximum absolute atomic E-state index is 5.93. The van der Waals surface area contributed by atoms with Crippen LogP contribution in [0.15, 0.2) is 24.3 Å². The molecule has 1 saturated heterocycles. The summed E-state index contributed by atoms with van der Waals surface area (Å²) in [6, 6.07) is 9.19. The van der Waals surface area contributed by atoms with Crippen LogP contribution in [0.2, 0.25) is 0 Å². The molecule has 1 N–H and O–H groups in total. The highest BCUT2D eigenvalue weighted by molar-refractivity contribution is 5.51. The molecule has 1 aromatic carbocycles.